The summed E-state index contributed by atoms with van der Waals surface area (Å²) in [4.78, 5) is 36.9. The van der Waals surface area contributed by atoms with Crippen molar-refractivity contribution in [3.63, 3.8) is 0 Å². The molecule has 1 aliphatic carbocycles. The van der Waals surface area contributed by atoms with E-state index in [9.17, 15) is 18.0 Å². The van der Waals surface area contributed by atoms with Gasteiger partial charge in [-0.15, -0.1) is 0 Å². The number of hydrogen-bond donors (Lipinski definition) is 1. The van der Waals surface area contributed by atoms with Gasteiger partial charge in [-0.3, -0.25) is 4.79 Å². The van der Waals surface area contributed by atoms with Crippen molar-refractivity contribution >= 4 is 22.0 Å². The second kappa shape index (κ2) is 10.9. The van der Waals surface area contributed by atoms with Crippen molar-refractivity contribution in [3.8, 4) is 5.88 Å². The first-order valence-electron chi connectivity index (χ1n) is 14.3. The number of piperidine rings is 1. The van der Waals surface area contributed by atoms with Gasteiger partial charge in [0.05, 0.1) is 11.9 Å². The lowest BCUT2D eigenvalue weighted by Crippen LogP contribution is -2.49. The Labute approximate surface area is 230 Å². The summed E-state index contributed by atoms with van der Waals surface area (Å²) in [5.41, 5.74) is 1.59. The molecule has 1 aromatic rings. The summed E-state index contributed by atoms with van der Waals surface area (Å²) in [7, 11) is -3.56. The van der Waals surface area contributed by atoms with Gasteiger partial charge in [-0.05, 0) is 50.5 Å². The van der Waals surface area contributed by atoms with Crippen molar-refractivity contribution in [1.82, 2.24) is 19.7 Å². The quantitative estimate of drug-likeness (QED) is 0.558. The summed E-state index contributed by atoms with van der Waals surface area (Å²) >= 11 is 0. The Bertz CT molecular complexity index is 1180. The van der Waals surface area contributed by atoms with Crippen LogP contribution in [0.25, 0.3) is 0 Å². The maximum absolute atomic E-state index is 13.6. The standard InChI is InChI=1S/C27H39N5O6S/c28-39(35,36)23-3-7-30(8-4-23)27(34)32-15-21-13-31(14-22(21)16-32)26(33)20-11-24(19-1-2-19)29-25(12-20)38-17-18-5-9-37-10-6-18/h11-12,18-19,21-23H,1-10,13-17H2,(H2,28,35,36)/t21-,22-/m0/s1. The van der Waals surface area contributed by atoms with Crippen LogP contribution in [0.5, 0.6) is 5.88 Å². The van der Waals surface area contributed by atoms with Crippen molar-refractivity contribution in [2.24, 2.45) is 22.9 Å². The predicted octanol–water partition coefficient (Wildman–Crippen LogP) is 1.64. The lowest BCUT2D eigenvalue weighted by atomic mass is 10.0. The van der Waals surface area contributed by atoms with E-state index < -0.39 is 15.3 Å². The van der Waals surface area contributed by atoms with E-state index >= 15 is 0 Å². The van der Waals surface area contributed by atoms with Crippen molar-refractivity contribution in [2.75, 3.05) is 59.1 Å². The summed E-state index contributed by atoms with van der Waals surface area (Å²) in [6.45, 7) is 5.42. The maximum atomic E-state index is 13.6. The molecule has 1 saturated carbocycles. The largest absolute Gasteiger partial charge is 0.477 e. The zero-order valence-electron chi connectivity index (χ0n) is 22.4. The Kier molecular flexibility index (Phi) is 7.45. The summed E-state index contributed by atoms with van der Waals surface area (Å²) in [5, 5.41) is 4.72. The molecule has 4 aliphatic heterocycles. The maximum Gasteiger partial charge on any atom is 0.320 e. The van der Waals surface area contributed by atoms with Crippen LogP contribution in [0.1, 0.15) is 60.5 Å². The predicted molar refractivity (Wildman–Crippen MR) is 143 cm³/mol. The van der Waals surface area contributed by atoms with Gasteiger partial charge >= 0.3 is 6.03 Å². The number of carbonyl (C=O) groups is 2. The molecule has 3 amide bonds. The molecule has 0 radical (unpaired) electrons. The molecule has 6 rings (SSSR count). The van der Waals surface area contributed by atoms with Gasteiger partial charge in [0.1, 0.15) is 0 Å². The Morgan fingerprint density at radius 1 is 0.923 bits per heavy atom. The number of primary sulfonamides is 1. The number of fused-ring (bicyclic) bond motifs is 1. The molecule has 1 aromatic heterocycles. The Balaban J connectivity index is 1.05. The van der Waals surface area contributed by atoms with E-state index in [2.05, 4.69) is 0 Å². The molecule has 12 heteroatoms. The number of nitrogens with zero attached hydrogens (tertiary/aromatic N) is 4. The molecule has 0 spiro atoms. The first kappa shape index (κ1) is 26.8. The van der Waals surface area contributed by atoms with Gasteiger partial charge < -0.3 is 24.2 Å². The van der Waals surface area contributed by atoms with Crippen molar-refractivity contribution < 1.29 is 27.5 Å². The Hall–Kier alpha value is -2.44. The zero-order valence-corrected chi connectivity index (χ0v) is 23.2. The molecule has 4 saturated heterocycles. The van der Waals surface area contributed by atoms with Gasteiger partial charge in [-0.1, -0.05) is 0 Å². The number of urea groups is 1. The van der Waals surface area contributed by atoms with Crippen molar-refractivity contribution in [2.45, 2.75) is 49.7 Å². The van der Waals surface area contributed by atoms with Crippen molar-refractivity contribution in [1.29, 1.82) is 0 Å². The summed E-state index contributed by atoms with van der Waals surface area (Å²) < 4.78 is 34.8. The van der Waals surface area contributed by atoms with Crippen LogP contribution in [-0.2, 0) is 14.8 Å². The minimum absolute atomic E-state index is 0.00700. The van der Waals surface area contributed by atoms with E-state index in [1.54, 1.807) is 11.0 Å². The number of ether oxygens (including phenoxy) is 2. The SMILES string of the molecule is NS(=O)(=O)C1CCN(C(=O)N2C[C@@H]3CN(C(=O)c4cc(OCC5CCOCC5)nc(C5CC5)c4)C[C@H]3C2)CC1. The fourth-order valence-corrected chi connectivity index (χ4v) is 7.37. The van der Waals surface area contributed by atoms with Crippen LogP contribution in [0.2, 0.25) is 0 Å². The van der Waals surface area contributed by atoms with E-state index in [0.717, 1.165) is 44.6 Å². The van der Waals surface area contributed by atoms with E-state index in [1.165, 1.54) is 0 Å². The Morgan fingerprint density at radius 2 is 1.56 bits per heavy atom. The van der Waals surface area contributed by atoms with E-state index in [1.807, 2.05) is 15.9 Å². The molecule has 0 aromatic carbocycles. The lowest BCUT2D eigenvalue weighted by molar-refractivity contribution is 0.0490. The third-order valence-corrected chi connectivity index (χ3v) is 10.5. The minimum atomic E-state index is -3.56. The highest BCUT2D eigenvalue weighted by atomic mass is 32.2. The molecule has 5 aliphatic rings. The summed E-state index contributed by atoms with van der Waals surface area (Å²) in [5.74, 6) is 1.90. The number of pyridine rings is 1. The number of aromatic nitrogens is 1. The highest BCUT2D eigenvalue weighted by Gasteiger charge is 2.44. The highest BCUT2D eigenvalue weighted by molar-refractivity contribution is 7.89. The zero-order chi connectivity index (χ0) is 27.1. The number of carbonyl (C=O) groups excluding carboxylic acids is 2. The van der Waals surface area contributed by atoms with Gasteiger partial charge in [0.15, 0.2) is 0 Å². The van der Waals surface area contributed by atoms with Crippen LogP contribution in [0.3, 0.4) is 0 Å². The van der Waals surface area contributed by atoms with Gasteiger partial charge in [-0.25, -0.2) is 23.3 Å². The molecule has 39 heavy (non-hydrogen) atoms. The molecule has 0 unspecified atom stereocenters. The van der Waals surface area contributed by atoms with E-state index in [0.29, 0.717) is 82.0 Å². The van der Waals surface area contributed by atoms with Crippen LogP contribution in [0, 0.1) is 17.8 Å². The second-order valence-electron chi connectivity index (χ2n) is 12.0. The van der Waals surface area contributed by atoms with Crippen LogP contribution < -0.4 is 9.88 Å². The normalized spacial score (nSPS) is 26.6. The Morgan fingerprint density at radius 3 is 2.18 bits per heavy atom. The molecule has 2 N–H and O–H groups in total. The third kappa shape index (κ3) is 6.02. The molecule has 11 nitrogen and oxygen atoms in total. The highest BCUT2D eigenvalue weighted by Crippen LogP contribution is 2.40. The molecule has 5 heterocycles. The average molecular weight is 562 g/mol. The fourth-order valence-electron chi connectivity index (χ4n) is 6.50. The van der Waals surface area contributed by atoms with Gasteiger partial charge in [0, 0.05) is 87.6 Å². The number of sulfonamides is 1. The second-order valence-corrected chi connectivity index (χ2v) is 13.8. The van der Waals surface area contributed by atoms with Gasteiger partial charge in [-0.2, -0.15) is 0 Å². The summed E-state index contributed by atoms with van der Waals surface area (Å²) in [6, 6.07) is 3.70. The van der Waals surface area contributed by atoms with Crippen LogP contribution in [-0.4, -0.2) is 104 Å². The van der Waals surface area contributed by atoms with E-state index in [4.69, 9.17) is 19.6 Å². The average Bonchev–Trinajstić information content (AvgIpc) is 3.61. The van der Waals surface area contributed by atoms with Crippen molar-refractivity contribution in [3.05, 3.63) is 23.4 Å². The number of hydrogen-bond acceptors (Lipinski definition) is 7. The smallest absolute Gasteiger partial charge is 0.320 e. The fraction of sp³-hybridized carbons (Fsp3) is 0.741. The first-order valence-corrected chi connectivity index (χ1v) is 15.9. The summed E-state index contributed by atoms with van der Waals surface area (Å²) in [6.07, 6.45) is 4.92. The van der Waals surface area contributed by atoms with Crippen LogP contribution in [0.4, 0.5) is 4.79 Å². The molecule has 5 fully saturated rings. The number of rotatable bonds is 6. The molecular formula is C27H39N5O6S. The molecule has 0 bridgehead atoms. The molecule has 2 atom stereocenters. The number of nitrogens with two attached hydrogens (primary N) is 1. The lowest BCUT2D eigenvalue weighted by Gasteiger charge is -2.34. The van der Waals surface area contributed by atoms with Crippen LogP contribution >= 0.6 is 0 Å². The monoisotopic (exact) mass is 561 g/mol. The van der Waals surface area contributed by atoms with E-state index in [-0.39, 0.29) is 23.8 Å². The third-order valence-electron chi connectivity index (χ3n) is 9.09. The molecular weight excluding hydrogens is 522 g/mol. The first-order chi connectivity index (χ1) is 18.7. The van der Waals surface area contributed by atoms with Gasteiger partial charge in [0.25, 0.3) is 5.91 Å². The molecule has 214 valence electrons. The number of amides is 3. The number of likely N-dealkylation sites (tertiary alicyclic amines) is 3. The minimum Gasteiger partial charge on any atom is -0.477 e. The van der Waals surface area contributed by atoms with Gasteiger partial charge in [0.2, 0.25) is 15.9 Å². The topological polar surface area (TPSA) is 135 Å². The van der Waals surface area contributed by atoms with Crippen LogP contribution in [0.15, 0.2) is 12.1 Å².